The molecule has 0 unspecified atom stereocenters. The summed E-state index contributed by atoms with van der Waals surface area (Å²) >= 11 is 4.62. The first-order chi connectivity index (χ1) is 8.99. The van der Waals surface area contributed by atoms with Crippen LogP contribution in [0.1, 0.15) is 17.0 Å². The molecule has 0 saturated heterocycles. The molecular weight excluding hydrogens is 272 g/mol. The Bertz CT molecular complexity index is 627. The maximum atomic E-state index is 13.7. The Morgan fingerprint density at radius 3 is 2.74 bits per heavy atom. The smallest absolute Gasteiger partial charge is 0.182 e. The van der Waals surface area contributed by atoms with Gasteiger partial charge in [-0.15, -0.1) is 0 Å². The van der Waals surface area contributed by atoms with E-state index in [9.17, 15) is 8.78 Å². The summed E-state index contributed by atoms with van der Waals surface area (Å²) in [5.74, 6) is -1.44. The Morgan fingerprint density at radius 2 is 2.16 bits per heavy atom. The molecule has 4 nitrogen and oxygen atoms in total. The van der Waals surface area contributed by atoms with Gasteiger partial charge in [0.2, 0.25) is 0 Å². The van der Waals surface area contributed by atoms with E-state index in [4.69, 9.17) is 10.3 Å². The summed E-state index contributed by atoms with van der Waals surface area (Å²) in [6.07, 6.45) is 0. The van der Waals surface area contributed by atoms with Gasteiger partial charge in [0.15, 0.2) is 11.6 Å². The lowest BCUT2D eigenvalue weighted by Gasteiger charge is -2.08. The van der Waals surface area contributed by atoms with Crippen LogP contribution in [0, 0.1) is 18.6 Å². The number of hydrogen-bond acceptors (Lipinski definition) is 4. The van der Waals surface area contributed by atoms with Gasteiger partial charge in [-0.3, -0.25) is 0 Å². The van der Waals surface area contributed by atoms with Gasteiger partial charge in [-0.1, -0.05) is 17.4 Å². The third-order valence-corrected chi connectivity index (χ3v) is 2.70. The molecule has 0 bridgehead atoms. The zero-order valence-corrected chi connectivity index (χ0v) is 10.9. The molecule has 1 aromatic heterocycles. The Balaban J connectivity index is 2.17. The number of nitrogens with one attached hydrogen (secondary N) is 1. The Morgan fingerprint density at radius 1 is 1.42 bits per heavy atom. The van der Waals surface area contributed by atoms with Crippen molar-refractivity contribution in [3.8, 4) is 0 Å². The van der Waals surface area contributed by atoms with Gasteiger partial charge >= 0.3 is 0 Å². The second-order valence-corrected chi connectivity index (χ2v) is 4.38. The van der Waals surface area contributed by atoms with Crippen molar-refractivity contribution in [1.29, 1.82) is 0 Å². The average Bonchev–Trinajstić information content (AvgIpc) is 2.76. The van der Waals surface area contributed by atoms with Gasteiger partial charge in [0.1, 0.15) is 16.4 Å². The molecule has 0 saturated carbocycles. The van der Waals surface area contributed by atoms with Crippen molar-refractivity contribution in [1.82, 2.24) is 5.16 Å². The number of anilines is 1. The van der Waals surface area contributed by atoms with E-state index in [-0.39, 0.29) is 22.8 Å². The maximum absolute atomic E-state index is 13.7. The second-order valence-electron chi connectivity index (χ2n) is 3.94. The fourth-order valence-electron chi connectivity index (χ4n) is 1.56. The third kappa shape index (κ3) is 2.87. The van der Waals surface area contributed by atoms with Crippen LogP contribution in [0.15, 0.2) is 22.7 Å². The van der Waals surface area contributed by atoms with Crippen LogP contribution in [0.3, 0.4) is 0 Å². The van der Waals surface area contributed by atoms with Crippen molar-refractivity contribution < 1.29 is 13.3 Å². The van der Waals surface area contributed by atoms with E-state index in [1.165, 1.54) is 12.1 Å². The average molecular weight is 283 g/mol. The quantitative estimate of drug-likeness (QED) is 0.844. The molecular formula is C12H11F2N3OS. The minimum Gasteiger partial charge on any atom is -0.389 e. The molecule has 0 amide bonds. The highest BCUT2D eigenvalue weighted by Crippen LogP contribution is 2.21. The zero-order chi connectivity index (χ0) is 14.0. The van der Waals surface area contributed by atoms with Crippen molar-refractivity contribution in [2.24, 2.45) is 5.73 Å². The van der Waals surface area contributed by atoms with E-state index in [1.54, 1.807) is 13.0 Å². The molecule has 2 aromatic rings. The van der Waals surface area contributed by atoms with Gasteiger partial charge in [0.25, 0.3) is 0 Å². The van der Waals surface area contributed by atoms with Gasteiger partial charge in [-0.05, 0) is 19.1 Å². The number of rotatable bonds is 4. The van der Waals surface area contributed by atoms with Crippen LogP contribution in [0.2, 0.25) is 0 Å². The van der Waals surface area contributed by atoms with Crippen LogP contribution < -0.4 is 11.1 Å². The summed E-state index contributed by atoms with van der Waals surface area (Å²) in [7, 11) is 0. The molecule has 3 N–H and O–H groups in total. The molecule has 0 aliphatic heterocycles. The molecule has 0 atom stereocenters. The molecule has 0 radical (unpaired) electrons. The van der Waals surface area contributed by atoms with Crippen LogP contribution in [0.4, 0.5) is 14.5 Å². The first-order valence-corrected chi connectivity index (χ1v) is 5.83. The fourth-order valence-corrected chi connectivity index (χ4v) is 1.72. The van der Waals surface area contributed by atoms with Crippen LogP contribution in [0.25, 0.3) is 0 Å². The summed E-state index contributed by atoms with van der Waals surface area (Å²) in [6, 6.07) is 4.40. The first-order valence-electron chi connectivity index (χ1n) is 5.43. The molecule has 19 heavy (non-hydrogen) atoms. The summed E-state index contributed by atoms with van der Waals surface area (Å²) in [5, 5.41) is 6.46. The first kappa shape index (κ1) is 13.4. The van der Waals surface area contributed by atoms with E-state index in [2.05, 4.69) is 22.7 Å². The molecule has 0 aliphatic rings. The minimum absolute atomic E-state index is 0.0122. The van der Waals surface area contributed by atoms with Crippen LogP contribution in [-0.2, 0) is 6.54 Å². The number of hydrogen-bond donors (Lipinski definition) is 2. The van der Waals surface area contributed by atoms with Crippen molar-refractivity contribution in [3.63, 3.8) is 0 Å². The van der Waals surface area contributed by atoms with Gasteiger partial charge in [-0.25, -0.2) is 8.78 Å². The number of aromatic nitrogens is 1. The highest BCUT2D eigenvalue weighted by Gasteiger charge is 2.15. The predicted molar refractivity (Wildman–Crippen MR) is 70.8 cm³/mol. The molecule has 7 heteroatoms. The summed E-state index contributed by atoms with van der Waals surface area (Å²) in [6.45, 7) is 1.97. The van der Waals surface area contributed by atoms with Gasteiger partial charge in [0, 0.05) is 11.6 Å². The van der Waals surface area contributed by atoms with Crippen LogP contribution in [-0.4, -0.2) is 10.1 Å². The molecule has 1 heterocycles. The van der Waals surface area contributed by atoms with E-state index in [1.807, 2.05) is 0 Å². The Labute approximate surface area is 113 Å². The molecule has 2 rings (SSSR count). The van der Waals surface area contributed by atoms with Crippen molar-refractivity contribution >= 4 is 22.9 Å². The summed E-state index contributed by atoms with van der Waals surface area (Å²) in [4.78, 5) is -0.185. The second kappa shape index (κ2) is 5.31. The predicted octanol–water partition coefficient (Wildman–Crippen LogP) is 2.51. The van der Waals surface area contributed by atoms with E-state index in [0.717, 1.165) is 0 Å². The SMILES string of the molecule is Cc1cc(CNc2ccc(C(N)=S)c(F)c2F)no1. The van der Waals surface area contributed by atoms with Gasteiger partial charge < -0.3 is 15.6 Å². The number of benzene rings is 1. The van der Waals surface area contributed by atoms with Gasteiger partial charge in [-0.2, -0.15) is 0 Å². The standard InChI is InChI=1S/C12H11F2N3OS/c1-6-4-7(17-18-6)5-16-9-3-2-8(12(15)19)10(13)11(9)14/h2-4,16H,5H2,1H3,(H2,15,19). The Hall–Kier alpha value is -2.02. The van der Waals surface area contributed by atoms with E-state index >= 15 is 0 Å². The van der Waals surface area contributed by atoms with E-state index in [0.29, 0.717) is 11.5 Å². The lowest BCUT2D eigenvalue weighted by molar-refractivity contribution is 0.391. The highest BCUT2D eigenvalue weighted by molar-refractivity contribution is 7.80. The van der Waals surface area contributed by atoms with E-state index < -0.39 is 11.6 Å². The number of nitrogens with zero attached hydrogens (tertiary/aromatic N) is 1. The number of thiocarbonyl (C=S) groups is 1. The van der Waals surface area contributed by atoms with Crippen LogP contribution in [0.5, 0.6) is 0 Å². The molecule has 0 spiro atoms. The number of halogens is 2. The highest BCUT2D eigenvalue weighted by atomic mass is 32.1. The van der Waals surface area contributed by atoms with Crippen molar-refractivity contribution in [2.45, 2.75) is 13.5 Å². The van der Waals surface area contributed by atoms with Crippen molar-refractivity contribution in [3.05, 3.63) is 46.9 Å². The normalized spacial score (nSPS) is 10.5. The fraction of sp³-hybridized carbons (Fsp3) is 0.167. The van der Waals surface area contributed by atoms with Gasteiger partial charge in [0.05, 0.1) is 12.2 Å². The third-order valence-electron chi connectivity index (χ3n) is 2.48. The topological polar surface area (TPSA) is 64.1 Å². The lowest BCUT2D eigenvalue weighted by Crippen LogP contribution is -2.14. The maximum Gasteiger partial charge on any atom is 0.182 e. The summed E-state index contributed by atoms with van der Waals surface area (Å²) < 4.78 is 32.2. The lowest BCUT2D eigenvalue weighted by atomic mass is 10.1. The number of nitrogens with two attached hydrogens (primary N) is 1. The molecule has 100 valence electrons. The molecule has 1 aromatic carbocycles. The summed E-state index contributed by atoms with van der Waals surface area (Å²) in [5.41, 5.74) is 5.77. The van der Waals surface area contributed by atoms with Crippen LogP contribution >= 0.6 is 12.2 Å². The zero-order valence-electron chi connectivity index (χ0n) is 10.0. The molecule has 0 aliphatic carbocycles. The molecule has 0 fully saturated rings. The Kier molecular flexibility index (Phi) is 3.75. The monoisotopic (exact) mass is 283 g/mol. The largest absolute Gasteiger partial charge is 0.389 e. The minimum atomic E-state index is -1.06. The number of aryl methyl sites for hydroxylation is 1. The van der Waals surface area contributed by atoms with Crippen molar-refractivity contribution in [2.75, 3.05) is 5.32 Å².